The van der Waals surface area contributed by atoms with Crippen LogP contribution in [0.4, 0.5) is 5.69 Å². The molecule has 3 aromatic heterocycles. The molecule has 1 aliphatic heterocycles. The Morgan fingerprint density at radius 1 is 1.20 bits per heavy atom. The van der Waals surface area contributed by atoms with Gasteiger partial charge >= 0.3 is 0 Å². The van der Waals surface area contributed by atoms with Crippen LogP contribution in [-0.2, 0) is 12.8 Å². The van der Waals surface area contributed by atoms with E-state index in [1.165, 1.54) is 5.56 Å². The lowest BCUT2D eigenvalue weighted by Crippen LogP contribution is -2.19. The van der Waals surface area contributed by atoms with Crippen molar-refractivity contribution in [3.8, 4) is 11.8 Å². The summed E-state index contributed by atoms with van der Waals surface area (Å²) in [4.78, 5) is 9.13. The second-order valence-electron chi connectivity index (χ2n) is 6.77. The minimum Gasteiger partial charge on any atom is -0.418 e. The molecule has 5 rings (SSSR count). The van der Waals surface area contributed by atoms with Crippen LogP contribution < -0.4 is 10.5 Å². The predicted octanol–water partition coefficient (Wildman–Crippen LogP) is 3.26. The predicted molar refractivity (Wildman–Crippen MR) is 93.9 cm³/mol. The number of aromatic amines is 1. The zero-order valence-electron chi connectivity index (χ0n) is 14.0. The molecule has 1 atom stereocenters. The second kappa shape index (κ2) is 5.31. The lowest BCUT2D eigenvalue weighted by molar-refractivity contribution is 0.414. The van der Waals surface area contributed by atoms with E-state index in [1.54, 1.807) is 6.20 Å². The van der Waals surface area contributed by atoms with Gasteiger partial charge in [0.2, 0.25) is 11.8 Å². The largest absolute Gasteiger partial charge is 0.418 e. The van der Waals surface area contributed by atoms with Crippen LogP contribution in [0.2, 0.25) is 0 Å². The molecule has 6 heteroatoms. The lowest BCUT2D eigenvalue weighted by Gasteiger charge is -2.29. The number of hydrogen-bond donors (Lipinski definition) is 2. The molecule has 0 amide bonds. The molecule has 0 saturated heterocycles. The van der Waals surface area contributed by atoms with Crippen molar-refractivity contribution in [2.24, 2.45) is 0 Å². The van der Waals surface area contributed by atoms with Gasteiger partial charge in [-0.15, -0.1) is 5.10 Å². The quantitative estimate of drug-likeness (QED) is 0.558. The molecule has 1 aliphatic carbocycles. The molecule has 6 nitrogen and oxygen atoms in total. The van der Waals surface area contributed by atoms with Gasteiger partial charge in [0.25, 0.3) is 0 Å². The number of aryl methyl sites for hydroxylation is 2. The number of fused-ring (bicyclic) bond motifs is 3. The summed E-state index contributed by atoms with van der Waals surface area (Å²) in [6, 6.07) is 4.02. The first-order valence-electron chi connectivity index (χ1n) is 8.67. The molecule has 126 valence electrons. The molecule has 3 N–H and O–H groups in total. The average molecular weight is 333 g/mol. The third-order valence-corrected chi connectivity index (χ3v) is 5.27. The Morgan fingerprint density at radius 3 is 2.92 bits per heavy atom. The van der Waals surface area contributed by atoms with Crippen molar-refractivity contribution >= 4 is 5.69 Å². The highest BCUT2D eigenvalue weighted by Crippen LogP contribution is 2.50. The van der Waals surface area contributed by atoms with Gasteiger partial charge in [0.1, 0.15) is 0 Å². The number of nitrogen functional groups attached to an aromatic ring is 1. The number of rotatable bonds is 1. The molecular weight excluding hydrogens is 314 g/mol. The first-order valence-corrected chi connectivity index (χ1v) is 8.67. The third-order valence-electron chi connectivity index (χ3n) is 5.27. The molecule has 0 bridgehead atoms. The summed E-state index contributed by atoms with van der Waals surface area (Å²) in [6.07, 6.45) is 7.91. The fourth-order valence-corrected chi connectivity index (χ4v) is 4.07. The average Bonchev–Trinajstić information content (AvgIpc) is 3.02. The van der Waals surface area contributed by atoms with Gasteiger partial charge in [-0.05, 0) is 49.8 Å². The zero-order chi connectivity index (χ0) is 17.0. The second-order valence-corrected chi connectivity index (χ2v) is 6.77. The molecule has 0 saturated carbocycles. The number of H-pyrrole nitrogens is 1. The van der Waals surface area contributed by atoms with Crippen LogP contribution in [0, 0.1) is 6.92 Å². The summed E-state index contributed by atoms with van der Waals surface area (Å²) < 4.78 is 6.04. The first-order chi connectivity index (χ1) is 12.2. The van der Waals surface area contributed by atoms with Gasteiger partial charge < -0.3 is 10.5 Å². The molecule has 2 aliphatic rings. The van der Waals surface area contributed by atoms with E-state index in [4.69, 9.17) is 15.5 Å². The first kappa shape index (κ1) is 14.5. The Labute approximate surface area is 145 Å². The van der Waals surface area contributed by atoms with Crippen LogP contribution >= 0.6 is 0 Å². The standard InChI is InChI=1S/C19H19N5O/c1-10-14-15(11-5-4-8-21-9-11)16-17(20)12-6-2-3-7-13(12)22-18(16)25-19(14)24-23-10/h4-5,8-9,15H,2-3,6-7H2,1H3,(H2,20,22)(H,23,24). The molecule has 3 aromatic rings. The van der Waals surface area contributed by atoms with Gasteiger partial charge in [-0.2, -0.15) is 0 Å². The minimum atomic E-state index is -0.0640. The Balaban J connectivity index is 1.80. The van der Waals surface area contributed by atoms with Gasteiger partial charge in [-0.25, -0.2) is 4.98 Å². The molecule has 0 aromatic carbocycles. The Hall–Kier alpha value is -2.89. The van der Waals surface area contributed by atoms with Crippen molar-refractivity contribution in [3.05, 3.63) is 58.2 Å². The monoisotopic (exact) mass is 333 g/mol. The highest BCUT2D eigenvalue weighted by molar-refractivity contribution is 5.68. The summed E-state index contributed by atoms with van der Waals surface area (Å²) in [5.74, 6) is 1.11. The molecule has 0 radical (unpaired) electrons. The van der Waals surface area contributed by atoms with Crippen LogP contribution in [0.3, 0.4) is 0 Å². The van der Waals surface area contributed by atoms with Crippen molar-refractivity contribution in [2.45, 2.75) is 38.5 Å². The molecule has 0 spiro atoms. The topological polar surface area (TPSA) is 89.7 Å². The number of anilines is 1. The highest BCUT2D eigenvalue weighted by Gasteiger charge is 2.37. The van der Waals surface area contributed by atoms with E-state index in [2.05, 4.69) is 21.2 Å². The maximum atomic E-state index is 6.66. The maximum absolute atomic E-state index is 6.66. The van der Waals surface area contributed by atoms with Crippen LogP contribution in [0.5, 0.6) is 11.8 Å². The van der Waals surface area contributed by atoms with Crippen LogP contribution in [0.1, 0.15) is 52.4 Å². The number of nitrogens with one attached hydrogen (secondary N) is 1. The van der Waals surface area contributed by atoms with Gasteiger partial charge in [0, 0.05) is 35.0 Å². The van der Waals surface area contributed by atoms with E-state index in [1.807, 2.05) is 19.2 Å². The van der Waals surface area contributed by atoms with Crippen LogP contribution in [-0.4, -0.2) is 20.2 Å². The lowest BCUT2D eigenvalue weighted by atomic mass is 9.81. The minimum absolute atomic E-state index is 0.0640. The number of nitrogens with two attached hydrogens (primary N) is 1. The Kier molecular flexibility index (Phi) is 3.07. The van der Waals surface area contributed by atoms with Gasteiger partial charge in [0.05, 0.1) is 11.5 Å². The molecule has 0 fully saturated rings. The Bertz CT molecular complexity index is 964. The molecule has 4 heterocycles. The van der Waals surface area contributed by atoms with E-state index < -0.39 is 0 Å². The summed E-state index contributed by atoms with van der Waals surface area (Å²) in [5, 5.41) is 7.36. The summed E-state index contributed by atoms with van der Waals surface area (Å²) in [5.41, 5.74) is 13.8. The Morgan fingerprint density at radius 2 is 2.08 bits per heavy atom. The number of aromatic nitrogens is 4. The SMILES string of the molecule is Cc1[nH]nc2c1C(c1cccnc1)c1c(nc3c(c1N)CCCC3)O2. The van der Waals surface area contributed by atoms with Crippen molar-refractivity contribution in [1.82, 2.24) is 20.2 Å². The van der Waals surface area contributed by atoms with E-state index in [-0.39, 0.29) is 5.92 Å². The van der Waals surface area contributed by atoms with E-state index in [0.29, 0.717) is 11.8 Å². The summed E-state index contributed by atoms with van der Waals surface area (Å²) in [7, 11) is 0. The third kappa shape index (κ3) is 2.06. The van der Waals surface area contributed by atoms with Crippen molar-refractivity contribution in [2.75, 3.05) is 5.73 Å². The summed E-state index contributed by atoms with van der Waals surface area (Å²) in [6.45, 7) is 2.01. The molecular formula is C19H19N5O. The molecule has 1 unspecified atom stereocenters. The number of pyridine rings is 2. The molecule has 25 heavy (non-hydrogen) atoms. The summed E-state index contributed by atoms with van der Waals surface area (Å²) >= 11 is 0. The van der Waals surface area contributed by atoms with E-state index in [0.717, 1.165) is 59.4 Å². The fraction of sp³-hybridized carbons (Fsp3) is 0.316. The van der Waals surface area contributed by atoms with E-state index in [9.17, 15) is 0 Å². The normalized spacial score (nSPS) is 18.0. The maximum Gasteiger partial charge on any atom is 0.244 e. The van der Waals surface area contributed by atoms with E-state index >= 15 is 0 Å². The van der Waals surface area contributed by atoms with Gasteiger partial charge in [-0.3, -0.25) is 10.1 Å². The number of hydrogen-bond acceptors (Lipinski definition) is 5. The van der Waals surface area contributed by atoms with Crippen molar-refractivity contribution in [1.29, 1.82) is 0 Å². The number of ether oxygens (including phenoxy) is 1. The van der Waals surface area contributed by atoms with Crippen LogP contribution in [0.25, 0.3) is 0 Å². The van der Waals surface area contributed by atoms with Gasteiger partial charge in [0.15, 0.2) is 0 Å². The van der Waals surface area contributed by atoms with Gasteiger partial charge in [-0.1, -0.05) is 6.07 Å². The zero-order valence-corrected chi connectivity index (χ0v) is 14.0. The smallest absolute Gasteiger partial charge is 0.244 e. The number of nitrogens with zero attached hydrogens (tertiary/aromatic N) is 3. The fourth-order valence-electron chi connectivity index (χ4n) is 4.07. The highest BCUT2D eigenvalue weighted by atomic mass is 16.5. The van der Waals surface area contributed by atoms with Crippen molar-refractivity contribution < 1.29 is 4.74 Å². The van der Waals surface area contributed by atoms with Crippen LogP contribution in [0.15, 0.2) is 24.5 Å². The van der Waals surface area contributed by atoms with Crippen molar-refractivity contribution in [3.63, 3.8) is 0 Å².